The SMILES string of the molecule is CSc1nc2ccc(NC(=O)CCC3CCNC3)cc2s1. The Morgan fingerprint density at radius 2 is 2.48 bits per heavy atom. The quantitative estimate of drug-likeness (QED) is 0.829. The Kier molecular flexibility index (Phi) is 4.77. The van der Waals surface area contributed by atoms with Gasteiger partial charge in [-0.2, -0.15) is 0 Å². The standard InChI is InChI=1S/C15H19N3OS2/c1-20-15-18-12-4-3-11(8-13(12)21-15)17-14(19)5-2-10-6-7-16-9-10/h3-4,8,10,16H,2,5-7,9H2,1H3,(H,17,19). The minimum absolute atomic E-state index is 0.107. The number of carbonyl (C=O) groups is 1. The number of anilines is 1. The van der Waals surface area contributed by atoms with Gasteiger partial charge in [-0.15, -0.1) is 11.3 Å². The van der Waals surface area contributed by atoms with E-state index in [1.54, 1.807) is 23.1 Å². The maximum Gasteiger partial charge on any atom is 0.224 e. The lowest BCUT2D eigenvalue weighted by Crippen LogP contribution is -2.14. The molecular formula is C15H19N3OS2. The van der Waals surface area contributed by atoms with Crippen molar-refractivity contribution in [1.29, 1.82) is 0 Å². The molecule has 21 heavy (non-hydrogen) atoms. The highest BCUT2D eigenvalue weighted by molar-refractivity contribution is 8.00. The Labute approximate surface area is 132 Å². The second-order valence-electron chi connectivity index (χ2n) is 5.31. The van der Waals surface area contributed by atoms with Crippen LogP contribution in [0, 0.1) is 5.92 Å². The molecule has 2 N–H and O–H groups in total. The van der Waals surface area contributed by atoms with Crippen LogP contribution in [0.1, 0.15) is 19.3 Å². The van der Waals surface area contributed by atoms with Gasteiger partial charge < -0.3 is 10.6 Å². The highest BCUT2D eigenvalue weighted by Crippen LogP contribution is 2.30. The van der Waals surface area contributed by atoms with Gasteiger partial charge in [0.15, 0.2) is 4.34 Å². The lowest BCUT2D eigenvalue weighted by Gasteiger charge is -2.08. The zero-order valence-corrected chi connectivity index (χ0v) is 13.6. The van der Waals surface area contributed by atoms with Crippen LogP contribution in [0.15, 0.2) is 22.5 Å². The monoisotopic (exact) mass is 321 g/mol. The summed E-state index contributed by atoms with van der Waals surface area (Å²) in [6.45, 7) is 2.14. The van der Waals surface area contributed by atoms with Crippen LogP contribution in [0.2, 0.25) is 0 Å². The van der Waals surface area contributed by atoms with Crippen molar-refractivity contribution >= 4 is 44.9 Å². The molecule has 0 radical (unpaired) electrons. The van der Waals surface area contributed by atoms with E-state index in [-0.39, 0.29) is 5.91 Å². The number of hydrogen-bond donors (Lipinski definition) is 2. The van der Waals surface area contributed by atoms with Gasteiger partial charge in [0.05, 0.1) is 10.2 Å². The first-order valence-electron chi connectivity index (χ1n) is 7.20. The molecule has 4 nitrogen and oxygen atoms in total. The number of amides is 1. The van der Waals surface area contributed by atoms with E-state index in [0.717, 1.165) is 39.8 Å². The Hall–Kier alpha value is -1.11. The number of rotatable bonds is 5. The fraction of sp³-hybridized carbons (Fsp3) is 0.467. The maximum atomic E-state index is 12.0. The molecule has 0 aliphatic carbocycles. The number of benzene rings is 1. The molecule has 6 heteroatoms. The van der Waals surface area contributed by atoms with E-state index in [1.807, 2.05) is 24.5 Å². The first-order valence-corrected chi connectivity index (χ1v) is 9.24. The summed E-state index contributed by atoms with van der Waals surface area (Å²) in [7, 11) is 0. The van der Waals surface area contributed by atoms with Gasteiger partial charge in [0.1, 0.15) is 0 Å². The van der Waals surface area contributed by atoms with E-state index < -0.39 is 0 Å². The molecule has 1 aliphatic heterocycles. The summed E-state index contributed by atoms with van der Waals surface area (Å²) in [5.74, 6) is 0.764. The van der Waals surface area contributed by atoms with Crippen LogP contribution in [-0.4, -0.2) is 30.2 Å². The van der Waals surface area contributed by atoms with E-state index in [0.29, 0.717) is 12.3 Å². The van der Waals surface area contributed by atoms with Crippen LogP contribution in [0.3, 0.4) is 0 Å². The predicted octanol–water partition coefficient (Wildman–Crippen LogP) is 3.35. The molecule has 1 aromatic heterocycles. The van der Waals surface area contributed by atoms with Crippen LogP contribution in [0.4, 0.5) is 5.69 Å². The third-order valence-corrected chi connectivity index (χ3v) is 5.77. The van der Waals surface area contributed by atoms with Crippen LogP contribution in [0.25, 0.3) is 10.2 Å². The Bertz CT molecular complexity index is 635. The number of hydrogen-bond acceptors (Lipinski definition) is 5. The maximum absolute atomic E-state index is 12.0. The summed E-state index contributed by atoms with van der Waals surface area (Å²) in [4.78, 5) is 16.5. The minimum atomic E-state index is 0.107. The van der Waals surface area contributed by atoms with Crippen molar-refractivity contribution in [3.05, 3.63) is 18.2 Å². The average molecular weight is 321 g/mol. The third-order valence-electron chi connectivity index (χ3n) is 3.77. The Morgan fingerprint density at radius 3 is 3.24 bits per heavy atom. The summed E-state index contributed by atoms with van der Waals surface area (Å²) in [5.41, 5.74) is 1.87. The highest BCUT2D eigenvalue weighted by atomic mass is 32.2. The van der Waals surface area contributed by atoms with E-state index in [1.165, 1.54) is 6.42 Å². The topological polar surface area (TPSA) is 54.0 Å². The van der Waals surface area contributed by atoms with Crippen molar-refractivity contribution < 1.29 is 4.79 Å². The number of thiazole rings is 1. The Morgan fingerprint density at radius 1 is 1.57 bits per heavy atom. The first-order chi connectivity index (χ1) is 10.2. The first kappa shape index (κ1) is 14.8. The molecule has 0 spiro atoms. The number of carbonyl (C=O) groups excluding carboxylic acids is 1. The molecule has 1 unspecified atom stereocenters. The molecule has 1 aliphatic rings. The molecule has 1 aromatic carbocycles. The molecule has 0 bridgehead atoms. The van der Waals surface area contributed by atoms with Crippen molar-refractivity contribution in [1.82, 2.24) is 10.3 Å². The van der Waals surface area contributed by atoms with Gasteiger partial charge in [-0.1, -0.05) is 11.8 Å². The molecule has 1 fully saturated rings. The van der Waals surface area contributed by atoms with Crippen LogP contribution in [-0.2, 0) is 4.79 Å². The number of aromatic nitrogens is 1. The van der Waals surface area contributed by atoms with Gasteiger partial charge in [0.2, 0.25) is 5.91 Å². The average Bonchev–Trinajstić information content (AvgIpc) is 3.13. The van der Waals surface area contributed by atoms with Crippen LogP contribution in [0.5, 0.6) is 0 Å². The van der Waals surface area contributed by atoms with Gasteiger partial charge in [0, 0.05) is 12.1 Å². The van der Waals surface area contributed by atoms with E-state index in [2.05, 4.69) is 15.6 Å². The molecule has 1 amide bonds. The lowest BCUT2D eigenvalue weighted by atomic mass is 10.0. The van der Waals surface area contributed by atoms with Gasteiger partial charge in [-0.25, -0.2) is 4.98 Å². The molecule has 2 heterocycles. The number of nitrogens with zero attached hydrogens (tertiary/aromatic N) is 1. The molecule has 1 saturated heterocycles. The van der Waals surface area contributed by atoms with Gasteiger partial charge >= 0.3 is 0 Å². The van der Waals surface area contributed by atoms with Gasteiger partial charge in [-0.05, 0) is 56.3 Å². The van der Waals surface area contributed by atoms with Crippen molar-refractivity contribution in [2.45, 2.75) is 23.6 Å². The van der Waals surface area contributed by atoms with Crippen molar-refractivity contribution in [2.75, 3.05) is 24.7 Å². The van der Waals surface area contributed by atoms with E-state index in [4.69, 9.17) is 0 Å². The molecular weight excluding hydrogens is 302 g/mol. The minimum Gasteiger partial charge on any atom is -0.326 e. The molecule has 3 rings (SSSR count). The summed E-state index contributed by atoms with van der Waals surface area (Å²) in [6, 6.07) is 5.92. The lowest BCUT2D eigenvalue weighted by molar-refractivity contribution is -0.116. The van der Waals surface area contributed by atoms with Gasteiger partial charge in [0.25, 0.3) is 0 Å². The van der Waals surface area contributed by atoms with Gasteiger partial charge in [-0.3, -0.25) is 4.79 Å². The van der Waals surface area contributed by atoms with Crippen LogP contribution >= 0.6 is 23.1 Å². The third kappa shape index (κ3) is 3.75. The van der Waals surface area contributed by atoms with E-state index in [9.17, 15) is 4.79 Å². The molecule has 2 aromatic rings. The largest absolute Gasteiger partial charge is 0.326 e. The summed E-state index contributed by atoms with van der Waals surface area (Å²) in [5, 5.41) is 6.33. The second kappa shape index (κ2) is 6.77. The van der Waals surface area contributed by atoms with Crippen LogP contribution < -0.4 is 10.6 Å². The zero-order valence-electron chi connectivity index (χ0n) is 12.0. The smallest absolute Gasteiger partial charge is 0.224 e. The fourth-order valence-corrected chi connectivity index (χ4v) is 4.12. The number of fused-ring (bicyclic) bond motifs is 1. The molecule has 0 saturated carbocycles. The second-order valence-corrected chi connectivity index (χ2v) is 7.40. The summed E-state index contributed by atoms with van der Waals surface area (Å²) in [6.07, 6.45) is 4.79. The van der Waals surface area contributed by atoms with E-state index >= 15 is 0 Å². The highest BCUT2D eigenvalue weighted by Gasteiger charge is 2.15. The van der Waals surface area contributed by atoms with Crippen molar-refractivity contribution in [3.8, 4) is 0 Å². The molecule has 1 atom stereocenters. The van der Waals surface area contributed by atoms with Crippen molar-refractivity contribution in [2.24, 2.45) is 5.92 Å². The number of nitrogens with one attached hydrogen (secondary N) is 2. The Balaban J connectivity index is 1.59. The number of thioether (sulfide) groups is 1. The molecule has 112 valence electrons. The van der Waals surface area contributed by atoms with Crippen molar-refractivity contribution in [3.63, 3.8) is 0 Å². The zero-order chi connectivity index (χ0) is 14.7. The normalized spacial score (nSPS) is 18.2. The fourth-order valence-electron chi connectivity index (χ4n) is 2.59. The summed E-state index contributed by atoms with van der Waals surface area (Å²) >= 11 is 3.32. The predicted molar refractivity (Wildman–Crippen MR) is 90.2 cm³/mol. The summed E-state index contributed by atoms with van der Waals surface area (Å²) < 4.78 is 2.18.